The molecule has 0 amide bonds. The van der Waals surface area contributed by atoms with Crippen molar-refractivity contribution in [2.45, 2.75) is 52.2 Å². The van der Waals surface area contributed by atoms with Gasteiger partial charge in [0, 0.05) is 24.4 Å². The van der Waals surface area contributed by atoms with Crippen molar-refractivity contribution in [3.8, 4) is 28.0 Å². The van der Waals surface area contributed by atoms with Crippen LogP contribution in [0.1, 0.15) is 50.1 Å². The fourth-order valence-corrected chi connectivity index (χ4v) is 5.24. The Hall–Kier alpha value is -3.71. The molecule has 36 heavy (non-hydrogen) atoms. The van der Waals surface area contributed by atoms with Crippen LogP contribution in [0.4, 0.5) is 0 Å². The van der Waals surface area contributed by atoms with Crippen LogP contribution in [-0.4, -0.2) is 33.3 Å². The highest BCUT2D eigenvalue weighted by molar-refractivity contribution is 6.05. The number of carbonyl (C=O) groups is 1. The number of benzene rings is 2. The van der Waals surface area contributed by atoms with E-state index in [-0.39, 0.29) is 5.56 Å². The monoisotopic (exact) mass is 485 g/mol. The lowest BCUT2D eigenvalue weighted by Crippen LogP contribution is -2.30. The number of pyridine rings is 1. The number of aromatic nitrogens is 3. The van der Waals surface area contributed by atoms with Gasteiger partial charge in [-0.25, -0.2) is 0 Å². The number of hydrogen-bond donors (Lipinski definition) is 1. The molecule has 0 fully saturated rings. The molecule has 0 spiro atoms. The summed E-state index contributed by atoms with van der Waals surface area (Å²) in [4.78, 5) is 26.4. The van der Waals surface area contributed by atoms with E-state index in [1.165, 1.54) is 0 Å². The first-order valence-corrected chi connectivity index (χ1v) is 12.2. The Kier molecular flexibility index (Phi) is 6.04. The molecule has 186 valence electrons. The number of H-pyrrole nitrogens is 1. The SMILES string of the molecule is Cc1c(-c2c([C@H](C=O)OC(C)(C)C)n(C)c(=O)c3c(-c4cn[nH]c4)cccc23)ccc2c1CCCO2. The molecule has 0 saturated carbocycles. The third-order valence-electron chi connectivity index (χ3n) is 6.81. The molecular weight excluding hydrogens is 454 g/mol. The van der Waals surface area contributed by atoms with Crippen molar-refractivity contribution in [3.63, 3.8) is 0 Å². The van der Waals surface area contributed by atoms with Gasteiger partial charge in [-0.1, -0.05) is 24.3 Å². The van der Waals surface area contributed by atoms with Crippen molar-refractivity contribution < 1.29 is 14.3 Å². The van der Waals surface area contributed by atoms with Gasteiger partial charge in [-0.3, -0.25) is 9.89 Å². The van der Waals surface area contributed by atoms with Crippen LogP contribution in [0.25, 0.3) is 33.0 Å². The standard InChI is InChI=1S/C29H31N3O4/c1-17-19-10-7-13-35-23(19)12-11-20(17)25-22-9-6-8-21(18-14-30-31-15-18)26(22)28(34)32(5)27(25)24(16-33)36-29(2,3)4/h6,8-9,11-12,14-16,24H,7,10,13H2,1-5H3,(H,30,31)/t24-/m0/s1. The quantitative estimate of drug-likeness (QED) is 0.389. The van der Waals surface area contributed by atoms with E-state index in [1.807, 2.05) is 51.1 Å². The summed E-state index contributed by atoms with van der Waals surface area (Å²) in [5.41, 5.74) is 5.40. The molecule has 1 N–H and O–H groups in total. The number of aromatic amines is 1. The number of ether oxygens (including phenoxy) is 2. The summed E-state index contributed by atoms with van der Waals surface area (Å²) < 4.78 is 13.7. The molecule has 4 aromatic rings. The van der Waals surface area contributed by atoms with Crippen molar-refractivity contribution in [1.82, 2.24) is 14.8 Å². The predicted molar refractivity (Wildman–Crippen MR) is 140 cm³/mol. The summed E-state index contributed by atoms with van der Waals surface area (Å²) in [6.45, 7) is 8.51. The van der Waals surface area contributed by atoms with Crippen LogP contribution in [0.2, 0.25) is 0 Å². The summed E-state index contributed by atoms with van der Waals surface area (Å²) >= 11 is 0. The molecule has 2 aromatic carbocycles. The number of hydrogen-bond acceptors (Lipinski definition) is 5. The smallest absolute Gasteiger partial charge is 0.259 e. The molecule has 5 rings (SSSR count). The summed E-state index contributed by atoms with van der Waals surface area (Å²) in [7, 11) is 1.71. The molecular formula is C29H31N3O4. The average molecular weight is 486 g/mol. The topological polar surface area (TPSA) is 86.2 Å². The molecule has 0 radical (unpaired) electrons. The van der Waals surface area contributed by atoms with Crippen LogP contribution in [0.5, 0.6) is 5.75 Å². The molecule has 0 bridgehead atoms. The normalized spacial score (nSPS) is 14.4. The van der Waals surface area contributed by atoms with Crippen molar-refractivity contribution in [2.75, 3.05) is 6.61 Å². The largest absolute Gasteiger partial charge is 0.493 e. The van der Waals surface area contributed by atoms with Gasteiger partial charge < -0.3 is 18.8 Å². The van der Waals surface area contributed by atoms with E-state index in [0.29, 0.717) is 17.7 Å². The molecule has 2 aromatic heterocycles. The fourth-order valence-electron chi connectivity index (χ4n) is 5.24. The zero-order valence-corrected chi connectivity index (χ0v) is 21.3. The summed E-state index contributed by atoms with van der Waals surface area (Å²) in [6.07, 6.45) is 5.22. The first-order chi connectivity index (χ1) is 17.2. The number of fused-ring (bicyclic) bond motifs is 2. The van der Waals surface area contributed by atoms with E-state index in [2.05, 4.69) is 17.1 Å². The van der Waals surface area contributed by atoms with Gasteiger partial charge in [0.1, 0.15) is 5.75 Å². The Morgan fingerprint density at radius 2 is 2.00 bits per heavy atom. The lowest BCUT2D eigenvalue weighted by molar-refractivity contribution is -0.129. The minimum Gasteiger partial charge on any atom is -0.493 e. The molecule has 7 heteroatoms. The third kappa shape index (κ3) is 4.03. The van der Waals surface area contributed by atoms with E-state index in [1.54, 1.807) is 24.0 Å². The van der Waals surface area contributed by atoms with Gasteiger partial charge >= 0.3 is 0 Å². The Morgan fingerprint density at radius 3 is 2.69 bits per heavy atom. The van der Waals surface area contributed by atoms with Crippen LogP contribution in [0.15, 0.2) is 47.5 Å². The zero-order valence-electron chi connectivity index (χ0n) is 21.3. The maximum atomic E-state index is 13.9. The molecule has 3 heterocycles. The van der Waals surface area contributed by atoms with Crippen molar-refractivity contribution in [1.29, 1.82) is 0 Å². The van der Waals surface area contributed by atoms with E-state index in [9.17, 15) is 9.59 Å². The number of rotatable bonds is 5. The molecule has 0 saturated heterocycles. The third-order valence-corrected chi connectivity index (χ3v) is 6.81. The lowest BCUT2D eigenvalue weighted by atomic mass is 9.87. The molecule has 1 aliphatic rings. The summed E-state index contributed by atoms with van der Waals surface area (Å²) in [5, 5.41) is 8.28. The van der Waals surface area contributed by atoms with E-state index in [4.69, 9.17) is 9.47 Å². The van der Waals surface area contributed by atoms with Gasteiger partial charge in [-0.05, 0) is 74.2 Å². The van der Waals surface area contributed by atoms with E-state index < -0.39 is 11.7 Å². The van der Waals surface area contributed by atoms with Crippen LogP contribution >= 0.6 is 0 Å². The minimum absolute atomic E-state index is 0.191. The molecule has 1 atom stereocenters. The second-order valence-corrected chi connectivity index (χ2v) is 10.3. The highest BCUT2D eigenvalue weighted by Crippen LogP contribution is 2.42. The number of nitrogens with one attached hydrogen (secondary N) is 1. The molecule has 7 nitrogen and oxygen atoms in total. The lowest BCUT2D eigenvalue weighted by Gasteiger charge is -2.29. The minimum atomic E-state index is -0.925. The number of nitrogens with zero attached hydrogens (tertiary/aromatic N) is 2. The van der Waals surface area contributed by atoms with Gasteiger partial charge in [-0.2, -0.15) is 5.10 Å². The summed E-state index contributed by atoms with van der Waals surface area (Å²) in [6, 6.07) is 9.85. The second-order valence-electron chi connectivity index (χ2n) is 10.3. The Labute approximate surface area is 210 Å². The molecule has 0 aliphatic carbocycles. The van der Waals surface area contributed by atoms with Gasteiger partial charge in [0.15, 0.2) is 12.4 Å². The Morgan fingerprint density at radius 1 is 1.19 bits per heavy atom. The Balaban J connectivity index is 1.92. The fraction of sp³-hybridized carbons (Fsp3) is 0.345. The molecule has 1 aliphatic heterocycles. The second kappa shape index (κ2) is 9.06. The number of aldehydes is 1. The van der Waals surface area contributed by atoms with Crippen molar-refractivity contribution >= 4 is 17.1 Å². The summed E-state index contributed by atoms with van der Waals surface area (Å²) in [5.74, 6) is 0.898. The van der Waals surface area contributed by atoms with Crippen LogP contribution in [0, 0.1) is 6.92 Å². The van der Waals surface area contributed by atoms with Crippen LogP contribution in [0.3, 0.4) is 0 Å². The molecule has 0 unspecified atom stereocenters. The van der Waals surface area contributed by atoms with Gasteiger partial charge in [0.25, 0.3) is 5.56 Å². The Bertz CT molecular complexity index is 1510. The average Bonchev–Trinajstić information content (AvgIpc) is 3.39. The van der Waals surface area contributed by atoms with Gasteiger partial charge in [0.05, 0.1) is 29.5 Å². The van der Waals surface area contributed by atoms with Crippen molar-refractivity contribution in [2.24, 2.45) is 7.05 Å². The van der Waals surface area contributed by atoms with Crippen LogP contribution < -0.4 is 10.3 Å². The van der Waals surface area contributed by atoms with Gasteiger partial charge in [-0.15, -0.1) is 0 Å². The van der Waals surface area contributed by atoms with E-state index >= 15 is 0 Å². The zero-order chi connectivity index (χ0) is 25.6. The van der Waals surface area contributed by atoms with E-state index in [0.717, 1.165) is 63.6 Å². The first-order valence-electron chi connectivity index (χ1n) is 12.2. The van der Waals surface area contributed by atoms with Crippen molar-refractivity contribution in [3.05, 3.63) is 69.9 Å². The predicted octanol–water partition coefficient (Wildman–Crippen LogP) is 5.28. The highest BCUT2D eigenvalue weighted by atomic mass is 16.5. The van der Waals surface area contributed by atoms with Gasteiger partial charge in [0.2, 0.25) is 0 Å². The maximum absolute atomic E-state index is 13.9. The van der Waals surface area contributed by atoms with Crippen LogP contribution in [-0.2, 0) is 23.0 Å². The first kappa shape index (κ1) is 24.0. The maximum Gasteiger partial charge on any atom is 0.259 e. The number of carbonyl (C=O) groups excluding carboxylic acids is 1. The highest BCUT2D eigenvalue weighted by Gasteiger charge is 2.30.